The Labute approximate surface area is 188 Å². The lowest BCUT2D eigenvalue weighted by atomic mass is 10.0. The third-order valence-electron chi connectivity index (χ3n) is 4.58. The van der Waals surface area contributed by atoms with Crippen molar-refractivity contribution in [3.8, 4) is 23.8 Å². The number of hydrogen-bond acceptors (Lipinski definition) is 5. The van der Waals surface area contributed by atoms with Crippen LogP contribution in [0.1, 0.15) is 18.1 Å². The minimum absolute atomic E-state index is 0.0458. The summed E-state index contributed by atoms with van der Waals surface area (Å²) in [6, 6.07) is 9.52. The molecule has 0 radical (unpaired) electrons. The van der Waals surface area contributed by atoms with Crippen LogP contribution in [0.4, 0.5) is 10.5 Å². The van der Waals surface area contributed by atoms with E-state index in [0.717, 1.165) is 10.5 Å². The van der Waals surface area contributed by atoms with Crippen molar-refractivity contribution in [3.05, 3.63) is 57.6 Å². The third-order valence-corrected chi connectivity index (χ3v) is 5.17. The van der Waals surface area contributed by atoms with E-state index < -0.39 is 17.8 Å². The van der Waals surface area contributed by atoms with Crippen LogP contribution in [0.25, 0.3) is 6.08 Å². The summed E-state index contributed by atoms with van der Waals surface area (Å²) in [5, 5.41) is 2.23. The van der Waals surface area contributed by atoms with E-state index in [2.05, 4.69) is 27.2 Å². The van der Waals surface area contributed by atoms with E-state index in [0.29, 0.717) is 33.6 Å². The van der Waals surface area contributed by atoms with Gasteiger partial charge in [0.25, 0.3) is 11.8 Å². The first-order valence-corrected chi connectivity index (χ1v) is 10.1. The van der Waals surface area contributed by atoms with Crippen LogP contribution in [0, 0.1) is 12.3 Å². The Morgan fingerprint density at radius 2 is 1.97 bits per heavy atom. The van der Waals surface area contributed by atoms with Crippen LogP contribution in [0.5, 0.6) is 11.5 Å². The molecular weight excluding hydrogens is 464 g/mol. The highest BCUT2D eigenvalue weighted by Gasteiger charge is 2.37. The summed E-state index contributed by atoms with van der Waals surface area (Å²) in [6.45, 7) is 1.96. The van der Waals surface area contributed by atoms with Crippen molar-refractivity contribution in [3.63, 3.8) is 0 Å². The standard InChI is InChI=1S/C23H19BrN2O5/c1-4-10-31-20-17(24)12-14(13-19(20)30-3)11-16-21(27)25-23(29)26(22(16)28)18-9-7-6-8-15(18)5-2/h1,6-9,11-13H,5,10H2,2-3H3,(H,25,27,29)/b16-11-. The maximum Gasteiger partial charge on any atom is 0.335 e. The number of halogens is 1. The normalized spacial score (nSPS) is 15.0. The largest absolute Gasteiger partial charge is 0.493 e. The summed E-state index contributed by atoms with van der Waals surface area (Å²) >= 11 is 3.39. The number of benzene rings is 2. The minimum Gasteiger partial charge on any atom is -0.493 e. The van der Waals surface area contributed by atoms with Gasteiger partial charge in [-0.1, -0.05) is 31.0 Å². The van der Waals surface area contributed by atoms with Gasteiger partial charge in [-0.05, 0) is 57.8 Å². The van der Waals surface area contributed by atoms with Gasteiger partial charge in [-0.25, -0.2) is 9.69 Å². The van der Waals surface area contributed by atoms with Crippen molar-refractivity contribution in [2.24, 2.45) is 0 Å². The molecule has 1 fully saturated rings. The van der Waals surface area contributed by atoms with E-state index in [9.17, 15) is 14.4 Å². The predicted molar refractivity (Wildman–Crippen MR) is 120 cm³/mol. The van der Waals surface area contributed by atoms with E-state index in [4.69, 9.17) is 15.9 Å². The van der Waals surface area contributed by atoms with Gasteiger partial charge in [-0.3, -0.25) is 14.9 Å². The number of carbonyl (C=O) groups is 3. The highest BCUT2D eigenvalue weighted by Crippen LogP contribution is 2.37. The summed E-state index contributed by atoms with van der Waals surface area (Å²) in [5.74, 6) is 1.65. The topological polar surface area (TPSA) is 84.9 Å². The predicted octanol–water partition coefficient (Wildman–Crippen LogP) is 3.70. The number of nitrogens with one attached hydrogen (secondary N) is 1. The SMILES string of the molecule is C#CCOc1c(Br)cc(/C=C2/C(=O)NC(=O)N(c3ccccc3CC)C2=O)cc1OC. The molecule has 2 aromatic rings. The number of carbonyl (C=O) groups excluding carboxylic acids is 3. The number of rotatable bonds is 6. The zero-order valence-corrected chi connectivity index (χ0v) is 18.5. The van der Waals surface area contributed by atoms with Crippen molar-refractivity contribution in [2.45, 2.75) is 13.3 Å². The molecule has 1 aliphatic heterocycles. The molecule has 0 unspecified atom stereocenters. The first kappa shape index (κ1) is 22.1. The van der Waals surface area contributed by atoms with Gasteiger partial charge in [0.15, 0.2) is 11.5 Å². The molecule has 7 nitrogen and oxygen atoms in total. The molecule has 4 amide bonds. The Bertz CT molecular complexity index is 1130. The monoisotopic (exact) mass is 482 g/mol. The molecule has 0 saturated carbocycles. The van der Waals surface area contributed by atoms with Crippen LogP contribution in [0.15, 0.2) is 46.4 Å². The highest BCUT2D eigenvalue weighted by atomic mass is 79.9. The number of ether oxygens (including phenoxy) is 2. The molecule has 0 spiro atoms. The highest BCUT2D eigenvalue weighted by molar-refractivity contribution is 9.10. The number of imide groups is 2. The zero-order chi connectivity index (χ0) is 22.5. The van der Waals surface area contributed by atoms with Gasteiger partial charge in [0.2, 0.25) is 0 Å². The molecule has 0 aromatic heterocycles. The van der Waals surface area contributed by atoms with Crippen LogP contribution in [0.2, 0.25) is 0 Å². The third kappa shape index (κ3) is 4.47. The summed E-state index contributed by atoms with van der Waals surface area (Å²) in [7, 11) is 1.46. The first-order chi connectivity index (χ1) is 14.9. The van der Waals surface area contributed by atoms with Gasteiger partial charge in [0, 0.05) is 0 Å². The molecule has 1 aliphatic rings. The molecule has 8 heteroatoms. The Hall–Kier alpha value is -3.57. The molecule has 0 bridgehead atoms. The Morgan fingerprint density at radius 1 is 1.23 bits per heavy atom. The van der Waals surface area contributed by atoms with E-state index in [1.54, 1.807) is 24.3 Å². The molecule has 31 heavy (non-hydrogen) atoms. The van der Waals surface area contributed by atoms with Crippen LogP contribution in [-0.2, 0) is 16.0 Å². The van der Waals surface area contributed by atoms with E-state index in [-0.39, 0.29) is 12.2 Å². The maximum atomic E-state index is 13.2. The average molecular weight is 483 g/mol. The van der Waals surface area contributed by atoms with Gasteiger partial charge in [0.05, 0.1) is 17.3 Å². The number of amides is 4. The lowest BCUT2D eigenvalue weighted by Gasteiger charge is -2.28. The van der Waals surface area contributed by atoms with Crippen molar-refractivity contribution >= 4 is 45.5 Å². The molecule has 158 valence electrons. The molecular formula is C23H19BrN2O5. The second-order valence-electron chi connectivity index (χ2n) is 6.47. The first-order valence-electron chi connectivity index (χ1n) is 9.34. The molecule has 0 aliphatic carbocycles. The van der Waals surface area contributed by atoms with E-state index in [1.165, 1.54) is 13.2 Å². The number of anilines is 1. The second kappa shape index (κ2) is 9.49. The molecule has 0 atom stereocenters. The van der Waals surface area contributed by atoms with Crippen LogP contribution >= 0.6 is 15.9 Å². The summed E-state index contributed by atoms with van der Waals surface area (Å²) < 4.78 is 11.4. The fourth-order valence-electron chi connectivity index (χ4n) is 3.15. The molecule has 1 N–H and O–H groups in total. The number of terminal acetylenes is 1. The summed E-state index contributed by atoms with van der Waals surface area (Å²) in [4.78, 5) is 39.1. The van der Waals surface area contributed by atoms with Crippen LogP contribution in [-0.4, -0.2) is 31.6 Å². The van der Waals surface area contributed by atoms with Gasteiger partial charge in [-0.15, -0.1) is 6.42 Å². The van der Waals surface area contributed by atoms with Crippen LogP contribution < -0.4 is 19.7 Å². The van der Waals surface area contributed by atoms with Gasteiger partial charge >= 0.3 is 6.03 Å². The number of nitrogens with zero attached hydrogens (tertiary/aromatic N) is 1. The van der Waals surface area contributed by atoms with Gasteiger partial charge in [0.1, 0.15) is 12.2 Å². The number of barbiturate groups is 1. The number of urea groups is 1. The lowest BCUT2D eigenvalue weighted by Crippen LogP contribution is -2.54. The fourth-order valence-corrected chi connectivity index (χ4v) is 3.72. The van der Waals surface area contributed by atoms with Crippen molar-refractivity contribution in [1.82, 2.24) is 5.32 Å². The van der Waals surface area contributed by atoms with Gasteiger partial charge in [-0.2, -0.15) is 0 Å². The van der Waals surface area contributed by atoms with E-state index >= 15 is 0 Å². The van der Waals surface area contributed by atoms with Crippen molar-refractivity contribution < 1.29 is 23.9 Å². The smallest absolute Gasteiger partial charge is 0.335 e. The molecule has 3 rings (SSSR count). The number of aryl methyl sites for hydroxylation is 1. The number of para-hydroxylation sites is 1. The second-order valence-corrected chi connectivity index (χ2v) is 7.32. The Kier molecular flexibility index (Phi) is 6.78. The summed E-state index contributed by atoms with van der Waals surface area (Å²) in [6.07, 6.45) is 7.25. The fraction of sp³-hybridized carbons (Fsp3) is 0.174. The number of hydrogen-bond donors (Lipinski definition) is 1. The molecule has 2 aromatic carbocycles. The Balaban J connectivity index is 2.04. The lowest BCUT2D eigenvalue weighted by molar-refractivity contribution is -0.122. The van der Waals surface area contributed by atoms with Gasteiger partial charge < -0.3 is 9.47 Å². The van der Waals surface area contributed by atoms with E-state index in [1.807, 2.05) is 19.1 Å². The van der Waals surface area contributed by atoms with Crippen molar-refractivity contribution in [2.75, 3.05) is 18.6 Å². The molecule has 1 heterocycles. The zero-order valence-electron chi connectivity index (χ0n) is 16.9. The summed E-state index contributed by atoms with van der Waals surface area (Å²) in [5.41, 5.74) is 1.55. The Morgan fingerprint density at radius 3 is 2.65 bits per heavy atom. The quantitative estimate of drug-likeness (QED) is 0.385. The average Bonchev–Trinajstić information content (AvgIpc) is 2.75. The van der Waals surface area contributed by atoms with Crippen LogP contribution in [0.3, 0.4) is 0 Å². The minimum atomic E-state index is -0.787. The maximum absolute atomic E-state index is 13.2. The molecule has 1 saturated heterocycles. The number of methoxy groups -OCH3 is 1. The van der Waals surface area contributed by atoms with Crippen molar-refractivity contribution in [1.29, 1.82) is 0 Å².